The zero-order valence-corrected chi connectivity index (χ0v) is 10.6. The minimum absolute atomic E-state index is 0.327. The molecular weight excluding hydrogens is 236 g/mol. The lowest BCUT2D eigenvalue weighted by Gasteiger charge is -2.13. The number of aryl methyl sites for hydroxylation is 1. The number of nitrogens with zero attached hydrogens (tertiary/aromatic N) is 3. The molecule has 2 aromatic heterocycles. The van der Waals surface area contributed by atoms with Crippen molar-refractivity contribution in [2.45, 2.75) is 13.0 Å². The van der Waals surface area contributed by atoms with Crippen molar-refractivity contribution in [1.29, 1.82) is 0 Å². The van der Waals surface area contributed by atoms with E-state index in [1.165, 1.54) is 0 Å². The number of fused-ring (bicyclic) bond motifs is 1. The average molecular weight is 250 g/mol. The van der Waals surface area contributed by atoms with Gasteiger partial charge in [0.15, 0.2) is 0 Å². The fraction of sp³-hybridized carbons (Fsp3) is 0.133. The Bertz CT molecular complexity index is 701. The summed E-state index contributed by atoms with van der Waals surface area (Å²) in [5.41, 5.74) is 8.33. The summed E-state index contributed by atoms with van der Waals surface area (Å²) >= 11 is 0. The van der Waals surface area contributed by atoms with E-state index in [1.807, 2.05) is 37.4 Å². The molecule has 0 fully saturated rings. The highest BCUT2D eigenvalue weighted by Gasteiger charge is 2.14. The van der Waals surface area contributed by atoms with Gasteiger partial charge in [0.05, 0.1) is 6.04 Å². The predicted octanol–water partition coefficient (Wildman–Crippen LogP) is 2.38. The molecule has 0 aliphatic heterocycles. The molecule has 0 aliphatic carbocycles. The zero-order chi connectivity index (χ0) is 13.2. The molecule has 1 atom stereocenters. The van der Waals surface area contributed by atoms with E-state index < -0.39 is 0 Å². The van der Waals surface area contributed by atoms with Crippen LogP contribution in [0.1, 0.15) is 23.0 Å². The molecule has 0 amide bonds. The molecule has 2 heterocycles. The van der Waals surface area contributed by atoms with Crippen LogP contribution in [0.4, 0.5) is 0 Å². The van der Waals surface area contributed by atoms with Gasteiger partial charge in [-0.2, -0.15) is 0 Å². The molecule has 0 spiro atoms. The van der Waals surface area contributed by atoms with Gasteiger partial charge in [-0.25, -0.2) is 9.97 Å². The van der Waals surface area contributed by atoms with Crippen molar-refractivity contribution in [3.05, 3.63) is 66.0 Å². The number of nitrogens with two attached hydrogens (primary N) is 1. The maximum atomic E-state index is 6.29. The molecule has 94 valence electrons. The van der Waals surface area contributed by atoms with E-state index in [1.54, 1.807) is 18.6 Å². The van der Waals surface area contributed by atoms with Crippen LogP contribution in [-0.2, 0) is 0 Å². The highest BCUT2D eigenvalue weighted by Crippen LogP contribution is 2.24. The maximum Gasteiger partial charge on any atom is 0.149 e. The van der Waals surface area contributed by atoms with Gasteiger partial charge in [0.1, 0.15) is 5.82 Å². The lowest BCUT2D eigenvalue weighted by molar-refractivity contribution is 0.783. The molecule has 2 N–H and O–H groups in total. The van der Waals surface area contributed by atoms with Crippen molar-refractivity contribution in [2.24, 2.45) is 5.73 Å². The van der Waals surface area contributed by atoms with Crippen LogP contribution < -0.4 is 5.73 Å². The highest BCUT2D eigenvalue weighted by atomic mass is 14.9. The normalized spacial score (nSPS) is 12.5. The minimum atomic E-state index is -0.327. The first-order chi connectivity index (χ1) is 9.25. The van der Waals surface area contributed by atoms with E-state index in [-0.39, 0.29) is 6.04 Å². The van der Waals surface area contributed by atoms with E-state index in [9.17, 15) is 0 Å². The quantitative estimate of drug-likeness (QED) is 0.758. The first-order valence-corrected chi connectivity index (χ1v) is 6.12. The maximum absolute atomic E-state index is 6.29. The molecule has 4 nitrogen and oxygen atoms in total. The van der Waals surface area contributed by atoms with Crippen LogP contribution in [-0.4, -0.2) is 15.0 Å². The lowest BCUT2D eigenvalue weighted by Crippen LogP contribution is -2.15. The standard InChI is InChI=1S/C15H14N4/c1-10-7-18-15(19-8-10)14(16)13-4-2-3-11-9-17-6-5-12(11)13/h2-9,14H,16H2,1H3. The first-order valence-electron chi connectivity index (χ1n) is 6.12. The molecule has 0 aliphatic rings. The molecule has 1 unspecified atom stereocenters. The Morgan fingerprint density at radius 2 is 1.84 bits per heavy atom. The summed E-state index contributed by atoms with van der Waals surface area (Å²) in [6.45, 7) is 1.96. The van der Waals surface area contributed by atoms with Gasteiger partial charge in [0.25, 0.3) is 0 Å². The Morgan fingerprint density at radius 1 is 1.05 bits per heavy atom. The average Bonchev–Trinajstić information content (AvgIpc) is 2.47. The molecule has 3 rings (SSSR count). The molecule has 0 saturated carbocycles. The van der Waals surface area contributed by atoms with Gasteiger partial charge in [-0.05, 0) is 29.5 Å². The number of aromatic nitrogens is 3. The van der Waals surface area contributed by atoms with E-state index in [2.05, 4.69) is 15.0 Å². The Morgan fingerprint density at radius 3 is 2.63 bits per heavy atom. The molecule has 0 radical (unpaired) electrons. The summed E-state index contributed by atoms with van der Waals surface area (Å²) in [7, 11) is 0. The Hall–Kier alpha value is -2.33. The van der Waals surface area contributed by atoms with Gasteiger partial charge in [0, 0.05) is 30.2 Å². The van der Waals surface area contributed by atoms with Gasteiger partial charge in [-0.1, -0.05) is 18.2 Å². The highest BCUT2D eigenvalue weighted by molar-refractivity contribution is 5.85. The van der Waals surface area contributed by atoms with Crippen molar-refractivity contribution in [3.63, 3.8) is 0 Å². The van der Waals surface area contributed by atoms with E-state index >= 15 is 0 Å². The van der Waals surface area contributed by atoms with Crippen LogP contribution in [0.15, 0.2) is 49.1 Å². The fourth-order valence-electron chi connectivity index (χ4n) is 2.12. The summed E-state index contributed by atoms with van der Waals surface area (Å²) in [5.74, 6) is 0.634. The third-order valence-corrected chi connectivity index (χ3v) is 3.13. The van der Waals surface area contributed by atoms with Crippen molar-refractivity contribution < 1.29 is 0 Å². The Kier molecular flexibility index (Phi) is 2.93. The summed E-state index contributed by atoms with van der Waals surface area (Å²) in [5, 5.41) is 2.16. The topological polar surface area (TPSA) is 64.7 Å². The Balaban J connectivity index is 2.11. The third-order valence-electron chi connectivity index (χ3n) is 3.13. The molecule has 1 aromatic carbocycles. The number of hydrogen-bond donors (Lipinski definition) is 1. The van der Waals surface area contributed by atoms with Crippen LogP contribution >= 0.6 is 0 Å². The van der Waals surface area contributed by atoms with Gasteiger partial charge in [-0.3, -0.25) is 4.98 Å². The van der Waals surface area contributed by atoms with Crippen molar-refractivity contribution in [2.75, 3.05) is 0 Å². The van der Waals surface area contributed by atoms with E-state index in [0.717, 1.165) is 21.9 Å². The van der Waals surface area contributed by atoms with E-state index in [0.29, 0.717) is 5.82 Å². The first kappa shape index (κ1) is 11.7. The summed E-state index contributed by atoms with van der Waals surface area (Å²) < 4.78 is 0. The third kappa shape index (κ3) is 2.18. The van der Waals surface area contributed by atoms with E-state index in [4.69, 9.17) is 5.73 Å². The molecule has 0 bridgehead atoms. The lowest BCUT2D eigenvalue weighted by atomic mass is 10.00. The molecule has 19 heavy (non-hydrogen) atoms. The summed E-state index contributed by atoms with van der Waals surface area (Å²) in [4.78, 5) is 12.7. The van der Waals surface area contributed by atoms with Crippen LogP contribution in [0.2, 0.25) is 0 Å². The van der Waals surface area contributed by atoms with Crippen LogP contribution in [0.25, 0.3) is 10.8 Å². The van der Waals surface area contributed by atoms with Gasteiger partial charge < -0.3 is 5.73 Å². The fourth-order valence-corrected chi connectivity index (χ4v) is 2.12. The number of benzene rings is 1. The second kappa shape index (κ2) is 4.74. The van der Waals surface area contributed by atoms with Crippen molar-refractivity contribution in [3.8, 4) is 0 Å². The molecule has 0 saturated heterocycles. The van der Waals surface area contributed by atoms with Gasteiger partial charge in [0.2, 0.25) is 0 Å². The largest absolute Gasteiger partial charge is 0.318 e. The Labute approximate surface area is 111 Å². The van der Waals surface area contributed by atoms with Crippen molar-refractivity contribution >= 4 is 10.8 Å². The van der Waals surface area contributed by atoms with Crippen LogP contribution in [0, 0.1) is 6.92 Å². The smallest absolute Gasteiger partial charge is 0.149 e. The number of pyridine rings is 1. The second-order valence-electron chi connectivity index (χ2n) is 4.54. The second-order valence-corrected chi connectivity index (χ2v) is 4.54. The number of hydrogen-bond acceptors (Lipinski definition) is 4. The van der Waals surface area contributed by atoms with Gasteiger partial charge in [-0.15, -0.1) is 0 Å². The minimum Gasteiger partial charge on any atom is -0.318 e. The van der Waals surface area contributed by atoms with Crippen LogP contribution in [0.3, 0.4) is 0 Å². The summed E-state index contributed by atoms with van der Waals surface area (Å²) in [6.07, 6.45) is 7.18. The monoisotopic (exact) mass is 250 g/mol. The van der Waals surface area contributed by atoms with Crippen LogP contribution in [0.5, 0.6) is 0 Å². The predicted molar refractivity (Wildman–Crippen MR) is 74.5 cm³/mol. The molecule has 4 heteroatoms. The van der Waals surface area contributed by atoms with Crippen molar-refractivity contribution in [1.82, 2.24) is 15.0 Å². The van der Waals surface area contributed by atoms with Gasteiger partial charge >= 0.3 is 0 Å². The summed E-state index contributed by atoms with van der Waals surface area (Å²) in [6, 6.07) is 7.66. The number of rotatable bonds is 2. The molecular formula is C15H14N4. The molecule has 3 aromatic rings. The zero-order valence-electron chi connectivity index (χ0n) is 10.6. The SMILES string of the molecule is Cc1cnc(C(N)c2cccc3cnccc23)nc1.